The Morgan fingerprint density at radius 3 is 2.45 bits per heavy atom. The number of anilines is 1. The van der Waals surface area contributed by atoms with Crippen LogP contribution in [0.15, 0.2) is 60.7 Å². The van der Waals surface area contributed by atoms with Gasteiger partial charge in [-0.1, -0.05) is 24.3 Å². The lowest BCUT2D eigenvalue weighted by Crippen LogP contribution is -2.30. The molecule has 1 heterocycles. The molecule has 1 unspecified atom stereocenters. The fraction of sp³-hybridized carbons (Fsp3) is 0.217. The summed E-state index contributed by atoms with van der Waals surface area (Å²) < 4.78 is 5.22. The van der Waals surface area contributed by atoms with E-state index >= 15 is 0 Å². The van der Waals surface area contributed by atoms with Gasteiger partial charge in [-0.3, -0.25) is 19.4 Å². The van der Waals surface area contributed by atoms with E-state index < -0.39 is 18.0 Å². The largest absolute Gasteiger partial charge is 0.453 e. The Labute approximate surface area is 168 Å². The first-order chi connectivity index (χ1) is 13.9. The second-order valence-corrected chi connectivity index (χ2v) is 6.75. The molecule has 6 nitrogen and oxygen atoms in total. The van der Waals surface area contributed by atoms with Gasteiger partial charge in [0, 0.05) is 28.8 Å². The average Bonchev–Trinajstić information content (AvgIpc) is 2.72. The van der Waals surface area contributed by atoms with Gasteiger partial charge in [-0.25, -0.2) is 0 Å². The summed E-state index contributed by atoms with van der Waals surface area (Å²) >= 11 is 0. The van der Waals surface area contributed by atoms with Crippen LogP contribution in [0.5, 0.6) is 0 Å². The van der Waals surface area contributed by atoms with Gasteiger partial charge >= 0.3 is 5.97 Å². The number of aryl methyl sites for hydroxylation is 1. The van der Waals surface area contributed by atoms with Gasteiger partial charge in [0.1, 0.15) is 0 Å². The fourth-order valence-electron chi connectivity index (χ4n) is 2.82. The zero-order valence-corrected chi connectivity index (χ0v) is 16.3. The molecule has 0 radical (unpaired) electrons. The highest BCUT2D eigenvalue weighted by atomic mass is 16.5. The number of pyridine rings is 1. The summed E-state index contributed by atoms with van der Waals surface area (Å²) in [5.41, 5.74) is 2.76. The molecule has 1 atom stereocenters. The van der Waals surface area contributed by atoms with Crippen molar-refractivity contribution in [2.24, 2.45) is 0 Å². The molecule has 1 amide bonds. The summed E-state index contributed by atoms with van der Waals surface area (Å²) in [6.07, 6.45) is -0.361. The highest BCUT2D eigenvalue weighted by Crippen LogP contribution is 2.14. The lowest BCUT2D eigenvalue weighted by molar-refractivity contribution is -0.153. The van der Waals surface area contributed by atoms with Crippen LogP contribution in [-0.4, -0.2) is 28.7 Å². The van der Waals surface area contributed by atoms with Gasteiger partial charge in [-0.05, 0) is 50.2 Å². The second kappa shape index (κ2) is 9.10. The zero-order chi connectivity index (χ0) is 20.8. The van der Waals surface area contributed by atoms with E-state index in [0.717, 1.165) is 16.6 Å². The highest BCUT2D eigenvalue weighted by molar-refractivity contribution is 5.97. The van der Waals surface area contributed by atoms with Crippen molar-refractivity contribution in [3.05, 3.63) is 71.9 Å². The molecule has 148 valence electrons. The smallest absolute Gasteiger partial charge is 0.306 e. The van der Waals surface area contributed by atoms with Gasteiger partial charge in [-0.2, -0.15) is 0 Å². The second-order valence-electron chi connectivity index (χ2n) is 6.75. The monoisotopic (exact) mass is 390 g/mol. The van der Waals surface area contributed by atoms with Crippen LogP contribution in [0.3, 0.4) is 0 Å². The molecule has 0 spiro atoms. The summed E-state index contributed by atoms with van der Waals surface area (Å²) in [7, 11) is 0. The van der Waals surface area contributed by atoms with Gasteiger partial charge < -0.3 is 10.1 Å². The maximum atomic E-state index is 12.2. The van der Waals surface area contributed by atoms with Crippen LogP contribution in [0.25, 0.3) is 10.9 Å². The number of esters is 1. The Hall–Kier alpha value is -3.54. The van der Waals surface area contributed by atoms with E-state index in [9.17, 15) is 14.4 Å². The summed E-state index contributed by atoms with van der Waals surface area (Å²) in [5, 5.41) is 3.71. The first-order valence-electron chi connectivity index (χ1n) is 9.38. The number of rotatable bonds is 7. The molecule has 0 saturated carbocycles. The van der Waals surface area contributed by atoms with Gasteiger partial charge in [0.15, 0.2) is 11.9 Å². The summed E-state index contributed by atoms with van der Waals surface area (Å²) in [6.45, 7) is 2.99. The van der Waals surface area contributed by atoms with Crippen molar-refractivity contribution in [3.8, 4) is 0 Å². The number of nitrogens with zero attached hydrogens (tertiary/aromatic N) is 1. The maximum absolute atomic E-state index is 12.2. The lowest BCUT2D eigenvalue weighted by Gasteiger charge is -2.13. The van der Waals surface area contributed by atoms with E-state index in [2.05, 4.69) is 10.3 Å². The molecular weight excluding hydrogens is 368 g/mol. The van der Waals surface area contributed by atoms with Gasteiger partial charge in [0.25, 0.3) is 5.91 Å². The minimum atomic E-state index is -0.931. The van der Waals surface area contributed by atoms with E-state index in [1.165, 1.54) is 13.8 Å². The third kappa shape index (κ3) is 5.48. The van der Waals surface area contributed by atoms with Crippen molar-refractivity contribution in [3.63, 3.8) is 0 Å². The van der Waals surface area contributed by atoms with E-state index in [4.69, 9.17) is 4.74 Å². The van der Waals surface area contributed by atoms with Crippen molar-refractivity contribution >= 4 is 34.3 Å². The summed E-state index contributed by atoms with van der Waals surface area (Å²) in [5.74, 6) is -0.946. The Kier molecular flexibility index (Phi) is 6.34. The van der Waals surface area contributed by atoms with Crippen molar-refractivity contribution in [2.75, 3.05) is 5.32 Å². The van der Waals surface area contributed by atoms with Crippen LogP contribution in [0, 0.1) is 0 Å². The molecule has 29 heavy (non-hydrogen) atoms. The van der Waals surface area contributed by atoms with E-state index in [0.29, 0.717) is 17.7 Å². The third-order valence-corrected chi connectivity index (χ3v) is 4.48. The Bertz CT molecular complexity index is 1040. The van der Waals surface area contributed by atoms with E-state index in [1.54, 1.807) is 24.3 Å². The number of carbonyl (C=O) groups excluding carboxylic acids is 3. The molecule has 1 aromatic heterocycles. The minimum Gasteiger partial charge on any atom is -0.453 e. The molecule has 0 aliphatic rings. The standard InChI is InChI=1S/C23H22N2O4/c1-15(26)17-7-10-20(11-8-17)25-23(28)16(2)29-22(27)14-13-19-12-9-18-5-3-4-6-21(18)24-19/h3-12,16H,13-14H2,1-2H3,(H,25,28). The average molecular weight is 390 g/mol. The number of ether oxygens (including phenoxy) is 1. The van der Waals surface area contributed by atoms with Crippen LogP contribution in [-0.2, 0) is 20.7 Å². The molecule has 2 aromatic carbocycles. The van der Waals surface area contributed by atoms with Gasteiger partial charge in [0.2, 0.25) is 0 Å². The van der Waals surface area contributed by atoms with Crippen molar-refractivity contribution < 1.29 is 19.1 Å². The molecule has 1 N–H and O–H groups in total. The predicted molar refractivity (Wildman–Crippen MR) is 111 cm³/mol. The maximum Gasteiger partial charge on any atom is 0.306 e. The molecule has 0 bridgehead atoms. The molecule has 3 rings (SSSR count). The number of para-hydroxylation sites is 1. The number of amides is 1. The number of ketones is 1. The number of Topliss-reactive ketones (excluding diaryl/α,β-unsaturated/α-hetero) is 1. The Morgan fingerprint density at radius 2 is 1.72 bits per heavy atom. The Morgan fingerprint density at radius 1 is 1.00 bits per heavy atom. The predicted octanol–water partition coefficient (Wildman–Crippen LogP) is 3.94. The fourth-order valence-corrected chi connectivity index (χ4v) is 2.82. The zero-order valence-electron chi connectivity index (χ0n) is 16.3. The van der Waals surface area contributed by atoms with Crippen molar-refractivity contribution in [2.45, 2.75) is 32.8 Å². The van der Waals surface area contributed by atoms with Gasteiger partial charge in [0.05, 0.1) is 11.9 Å². The number of fused-ring (bicyclic) bond motifs is 1. The molecule has 0 aliphatic heterocycles. The van der Waals surface area contributed by atoms with Crippen LogP contribution in [0.1, 0.15) is 36.3 Å². The third-order valence-electron chi connectivity index (χ3n) is 4.48. The van der Waals surface area contributed by atoms with Crippen LogP contribution in [0.2, 0.25) is 0 Å². The molecule has 3 aromatic rings. The van der Waals surface area contributed by atoms with Crippen molar-refractivity contribution in [1.82, 2.24) is 4.98 Å². The summed E-state index contributed by atoms with van der Waals surface area (Å²) in [4.78, 5) is 40.1. The number of nitrogens with one attached hydrogen (secondary N) is 1. The normalized spacial score (nSPS) is 11.7. The van der Waals surface area contributed by atoms with Crippen LogP contribution >= 0.6 is 0 Å². The van der Waals surface area contributed by atoms with Crippen LogP contribution in [0.4, 0.5) is 5.69 Å². The molecule has 0 fully saturated rings. The Balaban J connectivity index is 1.49. The number of hydrogen-bond acceptors (Lipinski definition) is 5. The highest BCUT2D eigenvalue weighted by Gasteiger charge is 2.18. The minimum absolute atomic E-state index is 0.0499. The molecule has 0 aliphatic carbocycles. The van der Waals surface area contributed by atoms with Gasteiger partial charge in [-0.15, -0.1) is 0 Å². The first kappa shape index (κ1) is 20.2. The van der Waals surface area contributed by atoms with Crippen LogP contribution < -0.4 is 5.32 Å². The topological polar surface area (TPSA) is 85.4 Å². The first-order valence-corrected chi connectivity index (χ1v) is 9.38. The van der Waals surface area contributed by atoms with E-state index in [1.807, 2.05) is 36.4 Å². The molecule has 6 heteroatoms. The lowest BCUT2D eigenvalue weighted by atomic mass is 10.1. The molecular formula is C23H22N2O4. The summed E-state index contributed by atoms with van der Waals surface area (Å²) in [6, 6.07) is 18.2. The SMILES string of the molecule is CC(=O)c1ccc(NC(=O)C(C)OC(=O)CCc2ccc3ccccc3n2)cc1. The molecule has 0 saturated heterocycles. The number of benzene rings is 2. The van der Waals surface area contributed by atoms with Crippen molar-refractivity contribution in [1.29, 1.82) is 0 Å². The number of hydrogen-bond donors (Lipinski definition) is 1. The quantitative estimate of drug-likeness (QED) is 0.488. The van der Waals surface area contributed by atoms with E-state index in [-0.39, 0.29) is 12.2 Å². The number of aromatic nitrogens is 1. The number of carbonyl (C=O) groups is 3.